The number of amides is 1. The van der Waals surface area contributed by atoms with Crippen LogP contribution in [-0.4, -0.2) is 33.6 Å². The van der Waals surface area contributed by atoms with Crippen LogP contribution in [0.2, 0.25) is 0 Å². The lowest BCUT2D eigenvalue weighted by Crippen LogP contribution is -2.32. The van der Waals surface area contributed by atoms with Gasteiger partial charge in [0.25, 0.3) is 15.9 Å². The zero-order chi connectivity index (χ0) is 22.4. The highest BCUT2D eigenvalue weighted by Crippen LogP contribution is 2.32. The number of fused-ring (bicyclic) bond motifs is 1. The van der Waals surface area contributed by atoms with Gasteiger partial charge in [-0.1, -0.05) is 32.8 Å². The van der Waals surface area contributed by atoms with E-state index in [1.165, 1.54) is 18.2 Å². The number of carbonyl (C=O) groups is 1. The van der Waals surface area contributed by atoms with E-state index >= 15 is 0 Å². The predicted octanol–water partition coefficient (Wildman–Crippen LogP) is 4.20. The first-order chi connectivity index (χ1) is 14.7. The Kier molecular flexibility index (Phi) is 7.43. The van der Waals surface area contributed by atoms with Crippen LogP contribution >= 0.6 is 0 Å². The lowest BCUT2D eigenvalue weighted by molar-refractivity contribution is 0.0938. The SMILES string of the molecule is CC(C)CCC[C@H](C)NC(=O)c1cccc(NS(=O)(=O)c2ccc3c(c2)OCCO3)c1. The molecule has 1 aliphatic rings. The minimum absolute atomic E-state index is 0.0457. The van der Waals surface area contributed by atoms with Gasteiger partial charge in [-0.25, -0.2) is 8.42 Å². The molecular formula is C23H30N2O5S. The Balaban J connectivity index is 1.66. The molecule has 0 saturated heterocycles. The van der Waals surface area contributed by atoms with E-state index in [2.05, 4.69) is 23.9 Å². The van der Waals surface area contributed by atoms with Crippen molar-refractivity contribution in [1.29, 1.82) is 0 Å². The number of carbonyl (C=O) groups excluding carboxylic acids is 1. The topological polar surface area (TPSA) is 93.7 Å². The monoisotopic (exact) mass is 446 g/mol. The molecular weight excluding hydrogens is 416 g/mol. The van der Waals surface area contributed by atoms with Gasteiger partial charge in [-0.05, 0) is 49.6 Å². The van der Waals surface area contributed by atoms with Crippen LogP contribution in [0.25, 0.3) is 0 Å². The number of hydrogen-bond donors (Lipinski definition) is 2. The summed E-state index contributed by atoms with van der Waals surface area (Å²) in [6.45, 7) is 7.15. The minimum Gasteiger partial charge on any atom is -0.486 e. The summed E-state index contributed by atoms with van der Waals surface area (Å²) in [6.07, 6.45) is 3.08. The van der Waals surface area contributed by atoms with Crippen LogP contribution in [-0.2, 0) is 10.0 Å². The number of nitrogens with one attached hydrogen (secondary N) is 2. The third-order valence-electron chi connectivity index (χ3n) is 5.00. The van der Waals surface area contributed by atoms with Gasteiger partial charge in [-0.3, -0.25) is 9.52 Å². The van der Waals surface area contributed by atoms with E-state index in [0.717, 1.165) is 19.3 Å². The third kappa shape index (κ3) is 6.37. The molecule has 0 saturated carbocycles. The fourth-order valence-corrected chi connectivity index (χ4v) is 4.40. The summed E-state index contributed by atoms with van der Waals surface area (Å²) >= 11 is 0. The van der Waals surface area contributed by atoms with Crippen molar-refractivity contribution in [2.45, 2.75) is 51.0 Å². The molecule has 0 aromatic heterocycles. The lowest BCUT2D eigenvalue weighted by Gasteiger charge is -2.19. The summed E-state index contributed by atoms with van der Waals surface area (Å²) in [6, 6.07) is 11.0. The van der Waals surface area contributed by atoms with Gasteiger partial charge in [-0.2, -0.15) is 0 Å². The van der Waals surface area contributed by atoms with Crippen molar-refractivity contribution >= 4 is 21.6 Å². The van der Waals surface area contributed by atoms with Gasteiger partial charge in [0, 0.05) is 23.4 Å². The number of ether oxygens (including phenoxy) is 2. The summed E-state index contributed by atoms with van der Waals surface area (Å²) in [7, 11) is -3.85. The van der Waals surface area contributed by atoms with Crippen LogP contribution in [0.1, 0.15) is 50.4 Å². The second-order valence-corrected chi connectivity index (χ2v) is 9.87. The van der Waals surface area contributed by atoms with Gasteiger partial charge in [0.15, 0.2) is 11.5 Å². The van der Waals surface area contributed by atoms with Gasteiger partial charge in [-0.15, -0.1) is 0 Å². The molecule has 1 amide bonds. The summed E-state index contributed by atoms with van der Waals surface area (Å²) in [5, 5.41) is 2.98. The smallest absolute Gasteiger partial charge is 0.262 e. The van der Waals surface area contributed by atoms with Crippen LogP contribution in [0.3, 0.4) is 0 Å². The lowest BCUT2D eigenvalue weighted by atomic mass is 10.0. The number of rotatable bonds is 9. The highest BCUT2D eigenvalue weighted by molar-refractivity contribution is 7.92. The standard InChI is InChI=1S/C23H30N2O5S/c1-16(2)6-4-7-17(3)24-23(26)18-8-5-9-19(14-18)25-31(27,28)20-10-11-21-22(15-20)30-13-12-29-21/h5,8-11,14-17,25H,4,6-7,12-13H2,1-3H3,(H,24,26)/t17-/m0/s1. The Hall–Kier alpha value is -2.74. The molecule has 1 heterocycles. The van der Waals surface area contributed by atoms with E-state index in [0.29, 0.717) is 41.9 Å². The van der Waals surface area contributed by atoms with Gasteiger partial charge in [0.2, 0.25) is 0 Å². The average Bonchev–Trinajstić information content (AvgIpc) is 2.73. The number of hydrogen-bond acceptors (Lipinski definition) is 5. The van der Waals surface area contributed by atoms with Crippen LogP contribution in [0, 0.1) is 5.92 Å². The second kappa shape index (κ2) is 10.0. The van der Waals surface area contributed by atoms with Crippen molar-refractivity contribution in [2.24, 2.45) is 5.92 Å². The molecule has 2 N–H and O–H groups in total. The fourth-order valence-electron chi connectivity index (χ4n) is 3.34. The molecule has 8 heteroatoms. The molecule has 0 unspecified atom stereocenters. The molecule has 2 aromatic rings. The number of sulfonamides is 1. The summed E-state index contributed by atoms with van der Waals surface area (Å²) < 4.78 is 39.1. The van der Waals surface area contributed by atoms with E-state index in [-0.39, 0.29) is 16.8 Å². The molecule has 168 valence electrons. The van der Waals surface area contributed by atoms with Crippen molar-refractivity contribution in [1.82, 2.24) is 5.32 Å². The molecule has 3 rings (SSSR count). The van der Waals surface area contributed by atoms with Crippen molar-refractivity contribution in [2.75, 3.05) is 17.9 Å². The maximum absolute atomic E-state index is 12.8. The summed E-state index contributed by atoms with van der Waals surface area (Å²) in [4.78, 5) is 12.6. The predicted molar refractivity (Wildman–Crippen MR) is 120 cm³/mol. The Morgan fingerprint density at radius 2 is 1.74 bits per heavy atom. The van der Waals surface area contributed by atoms with Gasteiger partial charge in [0.05, 0.1) is 4.90 Å². The third-order valence-corrected chi connectivity index (χ3v) is 6.38. The first kappa shape index (κ1) is 22.9. The van der Waals surface area contributed by atoms with Gasteiger partial charge in [0.1, 0.15) is 13.2 Å². The molecule has 0 aliphatic carbocycles. The molecule has 0 bridgehead atoms. The average molecular weight is 447 g/mol. The van der Waals surface area contributed by atoms with Crippen LogP contribution < -0.4 is 19.5 Å². The van der Waals surface area contributed by atoms with E-state index in [1.54, 1.807) is 24.3 Å². The van der Waals surface area contributed by atoms with E-state index in [9.17, 15) is 13.2 Å². The largest absolute Gasteiger partial charge is 0.486 e. The minimum atomic E-state index is -3.85. The Morgan fingerprint density at radius 3 is 2.48 bits per heavy atom. The van der Waals surface area contributed by atoms with Crippen LogP contribution in [0.5, 0.6) is 11.5 Å². The normalized spacial score (nSPS) is 14.2. The molecule has 0 spiro atoms. The fraction of sp³-hybridized carbons (Fsp3) is 0.435. The first-order valence-electron chi connectivity index (χ1n) is 10.6. The maximum atomic E-state index is 12.8. The van der Waals surface area contributed by atoms with Crippen LogP contribution in [0.4, 0.5) is 5.69 Å². The number of anilines is 1. The quantitative estimate of drug-likeness (QED) is 0.602. The first-order valence-corrected chi connectivity index (χ1v) is 12.1. The van der Waals surface area contributed by atoms with E-state index in [1.807, 2.05) is 6.92 Å². The van der Waals surface area contributed by atoms with Gasteiger partial charge < -0.3 is 14.8 Å². The highest BCUT2D eigenvalue weighted by Gasteiger charge is 2.20. The van der Waals surface area contributed by atoms with Crippen molar-refractivity contribution in [3.8, 4) is 11.5 Å². The molecule has 1 aliphatic heterocycles. The van der Waals surface area contributed by atoms with E-state index in [4.69, 9.17) is 9.47 Å². The Morgan fingerprint density at radius 1 is 1.00 bits per heavy atom. The van der Waals surface area contributed by atoms with Crippen molar-refractivity contribution in [3.63, 3.8) is 0 Å². The summed E-state index contributed by atoms with van der Waals surface area (Å²) in [5.41, 5.74) is 0.716. The zero-order valence-electron chi connectivity index (χ0n) is 18.2. The molecule has 31 heavy (non-hydrogen) atoms. The molecule has 0 radical (unpaired) electrons. The second-order valence-electron chi connectivity index (χ2n) is 8.19. The molecule has 0 fully saturated rings. The molecule has 2 aromatic carbocycles. The zero-order valence-corrected chi connectivity index (χ0v) is 19.0. The van der Waals surface area contributed by atoms with Crippen molar-refractivity contribution in [3.05, 3.63) is 48.0 Å². The number of benzene rings is 2. The maximum Gasteiger partial charge on any atom is 0.262 e. The van der Waals surface area contributed by atoms with Gasteiger partial charge >= 0.3 is 0 Å². The molecule has 7 nitrogen and oxygen atoms in total. The summed E-state index contributed by atoms with van der Waals surface area (Å²) in [5.74, 6) is 1.33. The Labute approximate surface area is 184 Å². The van der Waals surface area contributed by atoms with Crippen molar-refractivity contribution < 1.29 is 22.7 Å². The Bertz CT molecular complexity index is 1020. The van der Waals surface area contributed by atoms with E-state index < -0.39 is 10.0 Å². The van der Waals surface area contributed by atoms with Crippen LogP contribution in [0.15, 0.2) is 47.4 Å². The molecule has 1 atom stereocenters. The highest BCUT2D eigenvalue weighted by atomic mass is 32.2.